The van der Waals surface area contributed by atoms with Gasteiger partial charge in [-0.05, 0) is 30.4 Å². The normalized spacial score (nSPS) is 20.0. The van der Waals surface area contributed by atoms with Gasteiger partial charge in [0.1, 0.15) is 23.6 Å². The van der Waals surface area contributed by atoms with Crippen molar-refractivity contribution in [1.82, 2.24) is 30.3 Å². The van der Waals surface area contributed by atoms with E-state index in [9.17, 15) is 24.3 Å². The smallest absolute Gasteiger partial charge is 0.330 e. The number of aromatic nitrogens is 5. The molecule has 1 saturated heterocycles. The van der Waals surface area contributed by atoms with Gasteiger partial charge in [0.25, 0.3) is 5.56 Å². The number of aliphatic hydroxyl groups excluding tert-OH is 1. The molecule has 48 heavy (non-hydrogen) atoms. The fourth-order valence-electron chi connectivity index (χ4n) is 6.26. The van der Waals surface area contributed by atoms with Gasteiger partial charge in [0.2, 0.25) is 11.8 Å². The van der Waals surface area contributed by atoms with Crippen molar-refractivity contribution in [2.75, 3.05) is 18.1 Å². The van der Waals surface area contributed by atoms with Crippen LogP contribution in [0, 0.1) is 5.92 Å². The summed E-state index contributed by atoms with van der Waals surface area (Å²) in [6.45, 7) is 4.77. The summed E-state index contributed by atoms with van der Waals surface area (Å²) in [5, 5.41) is 25.3. The highest BCUT2D eigenvalue weighted by Crippen LogP contribution is 2.40. The van der Waals surface area contributed by atoms with E-state index in [1.165, 1.54) is 16.8 Å². The molecule has 1 unspecified atom stereocenters. The first-order valence-electron chi connectivity index (χ1n) is 16.1. The Kier molecular flexibility index (Phi) is 9.94. The predicted octanol–water partition coefficient (Wildman–Crippen LogP) is 2.51. The van der Waals surface area contributed by atoms with Gasteiger partial charge in [-0.1, -0.05) is 56.3 Å². The van der Waals surface area contributed by atoms with Crippen molar-refractivity contribution in [3.05, 3.63) is 87.2 Å². The van der Waals surface area contributed by atoms with Crippen LogP contribution in [-0.2, 0) is 25.6 Å². The summed E-state index contributed by atoms with van der Waals surface area (Å²) in [4.78, 5) is 54.3. The van der Waals surface area contributed by atoms with Gasteiger partial charge in [-0.25, -0.2) is 4.79 Å². The topological polar surface area (TPSA) is 185 Å². The van der Waals surface area contributed by atoms with Crippen molar-refractivity contribution >= 4 is 17.5 Å². The van der Waals surface area contributed by atoms with E-state index in [0.717, 1.165) is 22.4 Å². The number of hydrogen-bond donors (Lipinski definition) is 4. The Morgan fingerprint density at radius 2 is 1.77 bits per heavy atom. The average molecular weight is 658 g/mol. The number of fused-ring (bicyclic) bond motifs is 5. The zero-order valence-corrected chi connectivity index (χ0v) is 26.8. The molecule has 2 aliphatic heterocycles. The summed E-state index contributed by atoms with van der Waals surface area (Å²) in [6.07, 6.45) is -1.03. The Morgan fingerprint density at radius 1 is 1.04 bits per heavy atom. The summed E-state index contributed by atoms with van der Waals surface area (Å²) in [6, 6.07) is 16.5. The number of nitrogens with one attached hydrogen (secondary N) is 3. The third-order valence-corrected chi connectivity index (χ3v) is 8.56. The number of aliphatic hydroxyl groups is 1. The number of H-pyrrole nitrogens is 2. The van der Waals surface area contributed by atoms with E-state index in [4.69, 9.17) is 9.47 Å². The molecule has 252 valence electrons. The van der Waals surface area contributed by atoms with Crippen molar-refractivity contribution in [3.8, 4) is 22.5 Å². The minimum Gasteiger partial charge on any atom is -0.388 e. The quantitative estimate of drug-likeness (QED) is 0.176. The van der Waals surface area contributed by atoms with E-state index in [-0.39, 0.29) is 43.7 Å². The number of anilines is 1. The summed E-state index contributed by atoms with van der Waals surface area (Å²) in [7, 11) is 0. The second-order valence-corrected chi connectivity index (χ2v) is 12.4. The van der Waals surface area contributed by atoms with Gasteiger partial charge in [0.05, 0.1) is 18.3 Å². The van der Waals surface area contributed by atoms with Gasteiger partial charge < -0.3 is 24.8 Å². The lowest BCUT2D eigenvalue weighted by molar-refractivity contribution is -0.125. The third-order valence-electron chi connectivity index (χ3n) is 8.56. The van der Waals surface area contributed by atoms with Crippen molar-refractivity contribution in [1.29, 1.82) is 0 Å². The van der Waals surface area contributed by atoms with Crippen LogP contribution in [-0.4, -0.2) is 73.3 Å². The highest BCUT2D eigenvalue weighted by molar-refractivity contribution is 6.01. The van der Waals surface area contributed by atoms with E-state index < -0.39 is 35.8 Å². The Morgan fingerprint density at radius 3 is 2.54 bits per heavy atom. The van der Waals surface area contributed by atoms with E-state index in [0.29, 0.717) is 30.8 Å². The minimum absolute atomic E-state index is 0.00151. The van der Waals surface area contributed by atoms with E-state index in [2.05, 4.69) is 25.7 Å². The SMILES string of the molecule is CC(C)C[C@H]1O[C@@H](n2ccc(=O)[nH]c2=O)[C@@H](OCCCNC(=O)CCC(=O)N2Cc3ccccc3-c3n[nH]nc3-c3ccccc32)C1O. The van der Waals surface area contributed by atoms with Crippen LogP contribution in [0.5, 0.6) is 0 Å². The van der Waals surface area contributed by atoms with E-state index >= 15 is 0 Å². The van der Waals surface area contributed by atoms with Crippen molar-refractivity contribution in [2.45, 2.75) is 70.6 Å². The van der Waals surface area contributed by atoms with Crippen LogP contribution < -0.4 is 21.5 Å². The minimum atomic E-state index is -0.993. The first-order valence-corrected chi connectivity index (χ1v) is 16.1. The Bertz CT molecular complexity index is 1880. The largest absolute Gasteiger partial charge is 0.388 e. The zero-order valence-electron chi connectivity index (χ0n) is 26.8. The van der Waals surface area contributed by atoms with E-state index in [1.807, 2.05) is 62.4 Å². The third kappa shape index (κ3) is 7.00. The van der Waals surface area contributed by atoms with Gasteiger partial charge in [0.15, 0.2) is 6.23 Å². The van der Waals surface area contributed by atoms with Gasteiger partial charge in [-0.15, -0.1) is 0 Å². The van der Waals surface area contributed by atoms with Crippen molar-refractivity contribution in [2.24, 2.45) is 5.92 Å². The van der Waals surface area contributed by atoms with Gasteiger partial charge in [-0.2, -0.15) is 15.4 Å². The molecular formula is C34H39N7O7. The molecule has 14 nitrogen and oxygen atoms in total. The number of amides is 2. The molecule has 2 aliphatic rings. The summed E-state index contributed by atoms with van der Waals surface area (Å²) < 4.78 is 13.2. The molecule has 4 heterocycles. The molecule has 4 N–H and O–H groups in total. The molecule has 14 heteroatoms. The zero-order chi connectivity index (χ0) is 33.8. The number of carbonyl (C=O) groups is 2. The number of aromatic amines is 2. The van der Waals surface area contributed by atoms with Crippen LogP contribution >= 0.6 is 0 Å². The van der Waals surface area contributed by atoms with Gasteiger partial charge >= 0.3 is 5.69 Å². The van der Waals surface area contributed by atoms with Crippen molar-refractivity contribution < 1.29 is 24.2 Å². The number of rotatable bonds is 11. The number of nitrogens with zero attached hydrogens (tertiary/aromatic N) is 4. The first kappa shape index (κ1) is 33.0. The molecule has 0 saturated carbocycles. The molecule has 0 radical (unpaired) electrons. The maximum atomic E-state index is 13.6. The number of benzene rings is 2. The van der Waals surface area contributed by atoms with Crippen LogP contribution in [0.2, 0.25) is 0 Å². The van der Waals surface area contributed by atoms with Gasteiger partial charge in [-0.3, -0.25) is 23.9 Å². The maximum Gasteiger partial charge on any atom is 0.330 e. The van der Waals surface area contributed by atoms with Gasteiger partial charge in [0, 0.05) is 49.4 Å². The first-order chi connectivity index (χ1) is 23.2. The molecule has 0 bridgehead atoms. The lowest BCUT2D eigenvalue weighted by Crippen LogP contribution is -2.39. The summed E-state index contributed by atoms with van der Waals surface area (Å²) in [5.74, 6) is -0.242. The fourth-order valence-corrected chi connectivity index (χ4v) is 6.26. The van der Waals surface area contributed by atoms with Crippen LogP contribution in [0.4, 0.5) is 5.69 Å². The van der Waals surface area contributed by atoms with Crippen LogP contribution in [0.15, 0.2) is 70.4 Å². The second-order valence-electron chi connectivity index (χ2n) is 12.4. The lowest BCUT2D eigenvalue weighted by Gasteiger charge is -2.28. The molecule has 6 rings (SSSR count). The second kappa shape index (κ2) is 14.5. The number of carbonyl (C=O) groups excluding carboxylic acids is 2. The van der Waals surface area contributed by atoms with Crippen LogP contribution in [0.25, 0.3) is 22.5 Å². The van der Waals surface area contributed by atoms with Crippen LogP contribution in [0.3, 0.4) is 0 Å². The van der Waals surface area contributed by atoms with Crippen LogP contribution in [0.1, 0.15) is 51.3 Å². The lowest BCUT2D eigenvalue weighted by atomic mass is 9.95. The number of ether oxygens (including phenoxy) is 2. The molecule has 1 fully saturated rings. The monoisotopic (exact) mass is 657 g/mol. The Hall–Kier alpha value is -4.92. The maximum absolute atomic E-state index is 13.6. The number of hydrogen-bond acceptors (Lipinski definition) is 9. The molecule has 2 aromatic carbocycles. The Labute approximate surface area is 276 Å². The number of para-hydroxylation sites is 1. The van der Waals surface area contributed by atoms with Crippen molar-refractivity contribution in [3.63, 3.8) is 0 Å². The Balaban J connectivity index is 1.03. The molecular weight excluding hydrogens is 618 g/mol. The van der Waals surface area contributed by atoms with E-state index in [1.54, 1.807) is 4.90 Å². The average Bonchev–Trinajstić information content (AvgIpc) is 3.66. The molecule has 4 atom stereocenters. The summed E-state index contributed by atoms with van der Waals surface area (Å²) >= 11 is 0. The fraction of sp³-hybridized carbons (Fsp3) is 0.412. The molecule has 2 aromatic heterocycles. The molecule has 0 aliphatic carbocycles. The predicted molar refractivity (Wildman–Crippen MR) is 176 cm³/mol. The molecule has 0 spiro atoms. The molecule has 2 amide bonds. The molecule has 4 aromatic rings. The highest BCUT2D eigenvalue weighted by Gasteiger charge is 2.45. The summed E-state index contributed by atoms with van der Waals surface area (Å²) in [5.41, 5.74) is 3.45. The highest BCUT2D eigenvalue weighted by atomic mass is 16.6. The standard InChI is InChI=1S/C34H39N7O7/c1-20(2)18-25-31(45)32(33(48-25)40-16-14-27(43)36-34(40)46)47-17-7-15-35-26(42)12-13-28(44)41-19-21-8-3-4-9-22(21)29-30(38-39-37-29)23-10-5-6-11-24(23)41/h3-6,8-11,14,16,20,25,31-33,45H,7,12-13,15,17-19H2,1-2H3,(H,35,42)(H,36,43,46)(H,37,38,39)/t25-,31?,32+,33-/m1/s1.